The highest BCUT2D eigenvalue weighted by molar-refractivity contribution is 7.84. The second-order valence-electron chi connectivity index (χ2n) is 3.93. The van der Waals surface area contributed by atoms with E-state index >= 15 is 0 Å². The Labute approximate surface area is 103 Å². The maximum Gasteiger partial charge on any atom is 0.123 e. The van der Waals surface area contributed by atoms with Gasteiger partial charge in [-0.15, -0.1) is 0 Å². The lowest BCUT2D eigenvalue weighted by Gasteiger charge is -2.03. The first-order valence-electron chi connectivity index (χ1n) is 5.34. The van der Waals surface area contributed by atoms with Crippen LogP contribution in [0.3, 0.4) is 0 Å². The van der Waals surface area contributed by atoms with Crippen molar-refractivity contribution >= 4 is 10.8 Å². The minimum absolute atomic E-state index is 0.269. The van der Waals surface area contributed by atoms with Gasteiger partial charge in [-0.1, -0.05) is 29.8 Å². The Morgan fingerprint density at radius 2 is 1.59 bits per heavy atom. The van der Waals surface area contributed by atoms with Crippen molar-refractivity contribution in [3.05, 3.63) is 65.5 Å². The highest BCUT2D eigenvalue weighted by Gasteiger charge is 2.04. The molecule has 0 radical (unpaired) electrons. The maximum absolute atomic E-state index is 12.7. The van der Waals surface area contributed by atoms with Gasteiger partial charge >= 0.3 is 0 Å². The molecule has 0 spiro atoms. The first kappa shape index (κ1) is 12.0. The van der Waals surface area contributed by atoms with Crippen molar-refractivity contribution in [3.63, 3.8) is 0 Å². The van der Waals surface area contributed by atoms with E-state index in [2.05, 4.69) is 0 Å². The number of halogens is 1. The van der Waals surface area contributed by atoms with Crippen LogP contribution in [-0.4, -0.2) is 4.21 Å². The zero-order valence-electron chi connectivity index (χ0n) is 9.52. The maximum atomic E-state index is 12.7. The third kappa shape index (κ3) is 3.24. The van der Waals surface area contributed by atoms with Crippen molar-refractivity contribution < 1.29 is 8.60 Å². The molecule has 17 heavy (non-hydrogen) atoms. The van der Waals surface area contributed by atoms with Gasteiger partial charge in [0.15, 0.2) is 0 Å². The van der Waals surface area contributed by atoms with Gasteiger partial charge < -0.3 is 0 Å². The molecular weight excluding hydrogens is 235 g/mol. The zero-order chi connectivity index (χ0) is 12.3. The van der Waals surface area contributed by atoms with E-state index in [1.807, 2.05) is 31.2 Å². The molecule has 1 nitrogen and oxygen atoms in total. The highest BCUT2D eigenvalue weighted by Crippen LogP contribution is 2.13. The van der Waals surface area contributed by atoms with Crippen molar-refractivity contribution in [2.45, 2.75) is 17.6 Å². The van der Waals surface area contributed by atoms with E-state index in [9.17, 15) is 8.60 Å². The van der Waals surface area contributed by atoms with Gasteiger partial charge in [-0.25, -0.2) is 4.39 Å². The zero-order valence-corrected chi connectivity index (χ0v) is 10.3. The molecule has 0 bridgehead atoms. The fourth-order valence-electron chi connectivity index (χ4n) is 1.51. The summed E-state index contributed by atoms with van der Waals surface area (Å²) in [6.07, 6.45) is 0. The van der Waals surface area contributed by atoms with Crippen molar-refractivity contribution in [1.29, 1.82) is 0 Å². The summed E-state index contributed by atoms with van der Waals surface area (Å²) in [6, 6.07) is 13.7. The lowest BCUT2D eigenvalue weighted by molar-refractivity contribution is 0.627. The molecule has 1 unspecified atom stereocenters. The molecule has 0 aromatic heterocycles. The molecule has 2 aromatic carbocycles. The summed E-state index contributed by atoms with van der Waals surface area (Å²) in [4.78, 5) is 0.805. The molecule has 0 heterocycles. The highest BCUT2D eigenvalue weighted by atomic mass is 32.2. The molecule has 1 atom stereocenters. The van der Waals surface area contributed by atoms with Crippen LogP contribution >= 0.6 is 0 Å². The Morgan fingerprint density at radius 1 is 1.00 bits per heavy atom. The van der Waals surface area contributed by atoms with Crippen LogP contribution in [0.15, 0.2) is 53.4 Å². The molecule has 2 aromatic rings. The van der Waals surface area contributed by atoms with Gasteiger partial charge in [-0.05, 0) is 36.8 Å². The van der Waals surface area contributed by atoms with Crippen molar-refractivity contribution in [1.82, 2.24) is 0 Å². The van der Waals surface area contributed by atoms with Gasteiger partial charge in [0.2, 0.25) is 0 Å². The summed E-state index contributed by atoms with van der Waals surface area (Å²) in [5.74, 6) is 0.151. The van der Waals surface area contributed by atoms with E-state index in [0.717, 1.165) is 16.0 Å². The van der Waals surface area contributed by atoms with E-state index in [4.69, 9.17) is 0 Å². The topological polar surface area (TPSA) is 17.1 Å². The van der Waals surface area contributed by atoms with Crippen molar-refractivity contribution in [2.75, 3.05) is 0 Å². The predicted octanol–water partition coefficient (Wildman–Crippen LogP) is 3.44. The molecule has 0 fully saturated rings. The van der Waals surface area contributed by atoms with E-state index in [1.165, 1.54) is 12.1 Å². The number of benzene rings is 2. The quantitative estimate of drug-likeness (QED) is 0.813. The van der Waals surface area contributed by atoms with Crippen molar-refractivity contribution in [2.24, 2.45) is 0 Å². The Balaban J connectivity index is 2.11. The minimum atomic E-state index is -1.07. The second-order valence-corrected chi connectivity index (χ2v) is 5.38. The van der Waals surface area contributed by atoms with E-state index in [0.29, 0.717) is 5.75 Å². The Kier molecular flexibility index (Phi) is 3.69. The van der Waals surface area contributed by atoms with E-state index in [-0.39, 0.29) is 5.82 Å². The van der Waals surface area contributed by atoms with Gasteiger partial charge in [-0.3, -0.25) is 4.21 Å². The number of hydrogen-bond donors (Lipinski definition) is 0. The van der Waals surface area contributed by atoms with Crippen LogP contribution in [0.1, 0.15) is 11.1 Å². The fraction of sp³-hybridized carbons (Fsp3) is 0.143. The van der Waals surface area contributed by atoms with Gasteiger partial charge in [-0.2, -0.15) is 0 Å². The SMILES string of the molecule is Cc1ccc(S(=O)Cc2ccc(F)cc2)cc1. The molecule has 0 N–H and O–H groups in total. The Bertz CT molecular complexity index is 517. The first-order chi connectivity index (χ1) is 8.15. The number of rotatable bonds is 3. The minimum Gasteiger partial charge on any atom is -0.254 e. The van der Waals surface area contributed by atoms with Crippen molar-refractivity contribution in [3.8, 4) is 0 Å². The summed E-state index contributed by atoms with van der Waals surface area (Å²) < 4.78 is 24.7. The molecule has 2 rings (SSSR count). The molecule has 0 saturated heterocycles. The summed E-state index contributed by atoms with van der Waals surface area (Å²) in [5, 5.41) is 0. The third-order valence-electron chi connectivity index (χ3n) is 2.49. The van der Waals surface area contributed by atoms with Gasteiger partial charge in [0, 0.05) is 4.90 Å². The second kappa shape index (κ2) is 5.23. The predicted molar refractivity (Wildman–Crippen MR) is 67.7 cm³/mol. The molecule has 0 saturated carbocycles. The lowest BCUT2D eigenvalue weighted by Crippen LogP contribution is -1.96. The summed E-state index contributed by atoms with van der Waals surface area (Å²) in [6.45, 7) is 1.99. The van der Waals surface area contributed by atoms with Crippen LogP contribution in [-0.2, 0) is 16.6 Å². The standard InChI is InChI=1S/C14H13FOS/c1-11-2-8-14(9-3-11)17(16)10-12-4-6-13(15)7-5-12/h2-9H,10H2,1H3. The summed E-state index contributed by atoms with van der Waals surface area (Å²) in [7, 11) is -1.07. The van der Waals surface area contributed by atoms with E-state index in [1.54, 1.807) is 12.1 Å². The third-order valence-corrected chi connectivity index (χ3v) is 3.89. The normalized spacial score (nSPS) is 12.4. The number of aryl methyl sites for hydroxylation is 1. The van der Waals surface area contributed by atoms with Crippen LogP contribution in [0.4, 0.5) is 4.39 Å². The van der Waals surface area contributed by atoms with Crippen LogP contribution < -0.4 is 0 Å². The molecule has 88 valence electrons. The molecule has 0 amide bonds. The first-order valence-corrected chi connectivity index (χ1v) is 6.66. The van der Waals surface area contributed by atoms with E-state index < -0.39 is 10.8 Å². The smallest absolute Gasteiger partial charge is 0.123 e. The Hall–Kier alpha value is -1.48. The summed E-state index contributed by atoms with van der Waals surface area (Å²) in [5.41, 5.74) is 2.03. The van der Waals surface area contributed by atoms with Crippen LogP contribution in [0.25, 0.3) is 0 Å². The van der Waals surface area contributed by atoms with Gasteiger partial charge in [0.1, 0.15) is 5.82 Å². The largest absolute Gasteiger partial charge is 0.254 e. The van der Waals surface area contributed by atoms with Crippen LogP contribution in [0.2, 0.25) is 0 Å². The lowest BCUT2D eigenvalue weighted by atomic mass is 10.2. The monoisotopic (exact) mass is 248 g/mol. The van der Waals surface area contributed by atoms with Gasteiger partial charge in [0.25, 0.3) is 0 Å². The molecule has 0 aliphatic heterocycles. The Morgan fingerprint density at radius 3 is 2.18 bits per heavy atom. The fourth-order valence-corrected chi connectivity index (χ4v) is 2.61. The average Bonchev–Trinajstić information content (AvgIpc) is 2.33. The molecule has 0 aliphatic rings. The number of hydrogen-bond acceptors (Lipinski definition) is 1. The molecular formula is C14H13FOS. The van der Waals surface area contributed by atoms with Gasteiger partial charge in [0.05, 0.1) is 16.6 Å². The molecule has 0 aliphatic carbocycles. The van der Waals surface area contributed by atoms with Crippen LogP contribution in [0.5, 0.6) is 0 Å². The average molecular weight is 248 g/mol. The summed E-state index contributed by atoms with van der Waals surface area (Å²) >= 11 is 0. The molecule has 3 heteroatoms. The van der Waals surface area contributed by atoms with Crippen LogP contribution in [0, 0.1) is 12.7 Å².